The van der Waals surface area contributed by atoms with Crippen LogP contribution in [0.1, 0.15) is 22.4 Å². The van der Waals surface area contributed by atoms with Crippen LogP contribution in [0, 0.1) is 13.8 Å². The first-order valence-electron chi connectivity index (χ1n) is 7.38. The molecule has 2 heterocycles. The Morgan fingerprint density at radius 2 is 1.61 bits per heavy atom. The van der Waals surface area contributed by atoms with Gasteiger partial charge in [-0.1, -0.05) is 11.6 Å². The van der Waals surface area contributed by atoms with Crippen LogP contribution in [0.3, 0.4) is 0 Å². The number of nitrogens with one attached hydrogen (secondary N) is 1. The third-order valence-electron chi connectivity index (χ3n) is 3.85. The van der Waals surface area contributed by atoms with Crippen LogP contribution in [-0.2, 0) is 6.42 Å². The van der Waals surface area contributed by atoms with Crippen molar-refractivity contribution in [3.05, 3.63) is 76.2 Å². The molecule has 0 bridgehead atoms. The van der Waals surface area contributed by atoms with Gasteiger partial charge in [-0.2, -0.15) is 5.10 Å². The van der Waals surface area contributed by atoms with E-state index < -0.39 is 0 Å². The van der Waals surface area contributed by atoms with Crippen LogP contribution in [0.4, 0.5) is 11.5 Å². The lowest BCUT2D eigenvalue weighted by molar-refractivity contribution is 0.909. The molecule has 1 aromatic carbocycles. The largest absolute Gasteiger partial charge is 0.339 e. The van der Waals surface area contributed by atoms with Crippen LogP contribution in [0.5, 0.6) is 0 Å². The first-order chi connectivity index (χ1) is 11.1. The van der Waals surface area contributed by atoms with Crippen molar-refractivity contribution < 1.29 is 0 Å². The lowest BCUT2D eigenvalue weighted by Gasteiger charge is -2.13. The van der Waals surface area contributed by atoms with Crippen LogP contribution in [-0.4, -0.2) is 15.2 Å². The second-order valence-corrected chi connectivity index (χ2v) is 5.85. The summed E-state index contributed by atoms with van der Waals surface area (Å²) < 4.78 is 0. The summed E-state index contributed by atoms with van der Waals surface area (Å²) in [4.78, 5) is 4.04. The number of anilines is 2. The minimum Gasteiger partial charge on any atom is -0.339 e. The van der Waals surface area contributed by atoms with Gasteiger partial charge in [0, 0.05) is 29.5 Å². The smallest absolute Gasteiger partial charge is 0.156 e. The maximum Gasteiger partial charge on any atom is 0.156 e. The first-order valence-corrected chi connectivity index (χ1v) is 7.75. The van der Waals surface area contributed by atoms with Crippen molar-refractivity contribution >= 4 is 23.1 Å². The zero-order valence-electron chi connectivity index (χ0n) is 13.0. The topological polar surface area (TPSA) is 50.7 Å². The van der Waals surface area contributed by atoms with E-state index >= 15 is 0 Å². The minimum absolute atomic E-state index is 0.710. The van der Waals surface area contributed by atoms with Gasteiger partial charge in [-0.05, 0) is 66.9 Å². The zero-order chi connectivity index (χ0) is 16.2. The van der Waals surface area contributed by atoms with E-state index in [0.717, 1.165) is 34.7 Å². The molecule has 3 aromatic rings. The average Bonchev–Trinajstić information content (AvgIpc) is 2.57. The molecule has 23 heavy (non-hydrogen) atoms. The summed E-state index contributed by atoms with van der Waals surface area (Å²) in [5.74, 6) is 0.767. The summed E-state index contributed by atoms with van der Waals surface area (Å²) in [6, 6.07) is 11.5. The van der Waals surface area contributed by atoms with Gasteiger partial charge < -0.3 is 5.32 Å². The van der Waals surface area contributed by atoms with E-state index in [0.29, 0.717) is 5.02 Å². The van der Waals surface area contributed by atoms with Gasteiger partial charge in [0.1, 0.15) is 0 Å². The number of hydrogen-bond donors (Lipinski definition) is 1. The molecule has 0 aliphatic carbocycles. The lowest BCUT2D eigenvalue weighted by Crippen LogP contribution is -2.06. The molecule has 0 aliphatic rings. The van der Waals surface area contributed by atoms with Crippen LogP contribution in [0.15, 0.2) is 48.8 Å². The van der Waals surface area contributed by atoms with Crippen molar-refractivity contribution in [1.29, 1.82) is 0 Å². The Kier molecular flexibility index (Phi) is 4.53. The number of aromatic nitrogens is 3. The number of halogens is 1. The van der Waals surface area contributed by atoms with Crippen LogP contribution in [0.2, 0.25) is 5.02 Å². The molecule has 3 rings (SSSR count). The predicted octanol–water partition coefficient (Wildman–Crippen LogP) is 4.48. The highest BCUT2D eigenvalue weighted by Crippen LogP contribution is 2.23. The molecular formula is C18H17ClN4. The molecule has 2 aromatic heterocycles. The number of pyridine rings is 1. The van der Waals surface area contributed by atoms with Gasteiger partial charge in [-0.3, -0.25) is 4.98 Å². The molecule has 4 nitrogen and oxygen atoms in total. The highest BCUT2D eigenvalue weighted by Gasteiger charge is 2.10. The van der Waals surface area contributed by atoms with E-state index in [1.165, 1.54) is 5.56 Å². The van der Waals surface area contributed by atoms with E-state index in [1.54, 1.807) is 12.4 Å². The molecule has 0 radical (unpaired) electrons. The fraction of sp³-hybridized carbons (Fsp3) is 0.167. The molecule has 0 atom stereocenters. The van der Waals surface area contributed by atoms with Crippen LogP contribution >= 0.6 is 11.6 Å². The number of hydrogen-bond acceptors (Lipinski definition) is 4. The van der Waals surface area contributed by atoms with Gasteiger partial charge in [0.2, 0.25) is 0 Å². The molecule has 0 spiro atoms. The van der Waals surface area contributed by atoms with E-state index in [9.17, 15) is 0 Å². The second kappa shape index (κ2) is 6.75. The van der Waals surface area contributed by atoms with Crippen molar-refractivity contribution in [2.75, 3.05) is 5.32 Å². The predicted molar refractivity (Wildman–Crippen MR) is 93.3 cm³/mol. The summed E-state index contributed by atoms with van der Waals surface area (Å²) >= 11 is 5.91. The Bertz CT molecular complexity index is 801. The fourth-order valence-corrected chi connectivity index (χ4v) is 2.43. The van der Waals surface area contributed by atoms with Gasteiger partial charge in [0.25, 0.3) is 0 Å². The van der Waals surface area contributed by atoms with E-state index in [4.69, 9.17) is 11.6 Å². The third-order valence-corrected chi connectivity index (χ3v) is 4.10. The van der Waals surface area contributed by atoms with Crippen molar-refractivity contribution in [2.45, 2.75) is 20.3 Å². The highest BCUT2D eigenvalue weighted by molar-refractivity contribution is 6.30. The first kappa shape index (κ1) is 15.4. The average molecular weight is 325 g/mol. The van der Waals surface area contributed by atoms with E-state index in [-0.39, 0.29) is 0 Å². The summed E-state index contributed by atoms with van der Waals surface area (Å²) in [5.41, 5.74) is 5.34. The Labute approximate surface area is 140 Å². The monoisotopic (exact) mass is 324 g/mol. The molecule has 0 saturated heterocycles. The van der Waals surface area contributed by atoms with E-state index in [2.05, 4.69) is 34.3 Å². The maximum atomic E-state index is 5.91. The van der Waals surface area contributed by atoms with Crippen LogP contribution < -0.4 is 5.32 Å². The van der Waals surface area contributed by atoms with Crippen molar-refractivity contribution in [2.24, 2.45) is 0 Å². The molecule has 5 heteroatoms. The van der Waals surface area contributed by atoms with Gasteiger partial charge in [0.05, 0.1) is 5.69 Å². The molecule has 0 aliphatic heterocycles. The van der Waals surface area contributed by atoms with E-state index in [1.807, 2.05) is 36.4 Å². The standard InChI is InChI=1S/C18H17ClN4/c1-12-13(2)18(21-16-5-3-15(19)4-6-16)23-22-17(12)11-14-7-9-20-10-8-14/h3-10H,11H2,1-2H3,(H,21,23). The molecule has 0 fully saturated rings. The SMILES string of the molecule is Cc1c(Cc2ccncc2)nnc(Nc2ccc(Cl)cc2)c1C. The fourth-order valence-electron chi connectivity index (χ4n) is 2.31. The normalized spacial score (nSPS) is 10.6. The molecule has 116 valence electrons. The lowest BCUT2D eigenvalue weighted by atomic mass is 10.0. The molecular weight excluding hydrogens is 308 g/mol. The van der Waals surface area contributed by atoms with Crippen molar-refractivity contribution in [3.8, 4) is 0 Å². The Morgan fingerprint density at radius 3 is 2.30 bits per heavy atom. The number of benzene rings is 1. The molecule has 0 saturated carbocycles. The Hall–Kier alpha value is -2.46. The quantitative estimate of drug-likeness (QED) is 0.769. The third kappa shape index (κ3) is 3.66. The number of rotatable bonds is 4. The van der Waals surface area contributed by atoms with Crippen LogP contribution in [0.25, 0.3) is 0 Å². The molecule has 0 amide bonds. The van der Waals surface area contributed by atoms with Gasteiger partial charge in [-0.15, -0.1) is 5.10 Å². The van der Waals surface area contributed by atoms with Gasteiger partial charge in [0.15, 0.2) is 5.82 Å². The summed E-state index contributed by atoms with van der Waals surface area (Å²) in [6.45, 7) is 4.13. The summed E-state index contributed by atoms with van der Waals surface area (Å²) in [5, 5.41) is 12.7. The van der Waals surface area contributed by atoms with Gasteiger partial charge >= 0.3 is 0 Å². The highest BCUT2D eigenvalue weighted by atomic mass is 35.5. The van der Waals surface area contributed by atoms with Crippen molar-refractivity contribution in [1.82, 2.24) is 15.2 Å². The molecule has 1 N–H and O–H groups in total. The Morgan fingerprint density at radius 1 is 0.913 bits per heavy atom. The summed E-state index contributed by atoms with van der Waals surface area (Å²) in [7, 11) is 0. The maximum absolute atomic E-state index is 5.91. The van der Waals surface area contributed by atoms with Crippen molar-refractivity contribution in [3.63, 3.8) is 0 Å². The summed E-state index contributed by atoms with van der Waals surface area (Å²) in [6.07, 6.45) is 4.34. The second-order valence-electron chi connectivity index (χ2n) is 5.41. The Balaban J connectivity index is 1.84. The zero-order valence-corrected chi connectivity index (χ0v) is 13.8. The van der Waals surface area contributed by atoms with Gasteiger partial charge in [-0.25, -0.2) is 0 Å². The molecule has 0 unspecified atom stereocenters. The number of nitrogens with zero attached hydrogens (tertiary/aromatic N) is 3. The minimum atomic E-state index is 0.710.